The Hall–Kier alpha value is -2.81. The molecule has 9 heteroatoms. The third-order valence-corrected chi connectivity index (χ3v) is 4.50. The third kappa shape index (κ3) is 6.45. The van der Waals surface area contributed by atoms with E-state index in [4.69, 9.17) is 4.74 Å². The lowest BCUT2D eigenvalue weighted by Gasteiger charge is -2.17. The van der Waals surface area contributed by atoms with Crippen LogP contribution in [0.2, 0.25) is 0 Å². The third-order valence-electron chi connectivity index (χ3n) is 3.64. The second-order valence-electron chi connectivity index (χ2n) is 5.68. The van der Waals surface area contributed by atoms with Gasteiger partial charge in [-0.1, -0.05) is 23.9 Å². The SMILES string of the molecule is COC(=O)Cc1cc(=O)[nH]c(SCC(=O)N(C)Cc2cccc(OC)c2)n1. The Kier molecular flexibility index (Phi) is 7.42. The fourth-order valence-corrected chi connectivity index (χ4v) is 3.07. The number of hydrogen-bond acceptors (Lipinski definition) is 7. The Morgan fingerprint density at radius 3 is 2.74 bits per heavy atom. The van der Waals surface area contributed by atoms with Crippen molar-refractivity contribution in [1.82, 2.24) is 14.9 Å². The molecule has 0 atom stereocenters. The topological polar surface area (TPSA) is 102 Å². The molecule has 1 aromatic carbocycles. The van der Waals surface area contributed by atoms with Crippen LogP contribution in [0, 0.1) is 0 Å². The fraction of sp³-hybridized carbons (Fsp3) is 0.333. The van der Waals surface area contributed by atoms with Crippen molar-refractivity contribution in [2.75, 3.05) is 27.0 Å². The molecule has 0 aliphatic heterocycles. The summed E-state index contributed by atoms with van der Waals surface area (Å²) >= 11 is 1.10. The zero-order valence-electron chi connectivity index (χ0n) is 15.4. The maximum Gasteiger partial charge on any atom is 0.311 e. The number of benzene rings is 1. The van der Waals surface area contributed by atoms with Gasteiger partial charge in [-0.15, -0.1) is 0 Å². The maximum atomic E-state index is 12.3. The summed E-state index contributed by atoms with van der Waals surface area (Å²) in [6, 6.07) is 8.71. The summed E-state index contributed by atoms with van der Waals surface area (Å²) in [6.45, 7) is 0.433. The van der Waals surface area contributed by atoms with Crippen LogP contribution in [0.15, 0.2) is 40.3 Å². The molecule has 144 valence electrons. The molecule has 0 spiro atoms. The van der Waals surface area contributed by atoms with E-state index < -0.39 is 5.97 Å². The molecule has 1 heterocycles. The lowest BCUT2D eigenvalue weighted by molar-refractivity contribution is -0.139. The number of nitrogens with zero attached hydrogens (tertiary/aromatic N) is 2. The quantitative estimate of drug-likeness (QED) is 0.410. The van der Waals surface area contributed by atoms with Crippen LogP contribution in [-0.2, 0) is 27.3 Å². The number of aromatic amines is 1. The van der Waals surface area contributed by atoms with Crippen LogP contribution >= 0.6 is 11.8 Å². The van der Waals surface area contributed by atoms with Crippen LogP contribution < -0.4 is 10.3 Å². The molecule has 1 aromatic heterocycles. The van der Waals surface area contributed by atoms with E-state index in [-0.39, 0.29) is 28.8 Å². The Bertz CT molecular complexity index is 868. The van der Waals surface area contributed by atoms with Gasteiger partial charge >= 0.3 is 5.97 Å². The van der Waals surface area contributed by atoms with E-state index in [1.165, 1.54) is 13.2 Å². The van der Waals surface area contributed by atoms with Gasteiger partial charge < -0.3 is 19.4 Å². The van der Waals surface area contributed by atoms with Gasteiger partial charge in [0.05, 0.1) is 32.1 Å². The number of esters is 1. The van der Waals surface area contributed by atoms with Gasteiger partial charge in [0.25, 0.3) is 5.56 Å². The maximum absolute atomic E-state index is 12.3. The average molecular weight is 391 g/mol. The molecule has 2 aromatic rings. The van der Waals surface area contributed by atoms with Crippen LogP contribution in [0.1, 0.15) is 11.3 Å². The summed E-state index contributed by atoms with van der Waals surface area (Å²) in [5.74, 6) is 0.222. The number of rotatable bonds is 8. The normalized spacial score (nSPS) is 10.3. The minimum atomic E-state index is -0.488. The highest BCUT2D eigenvalue weighted by molar-refractivity contribution is 7.99. The number of thioether (sulfide) groups is 1. The minimum Gasteiger partial charge on any atom is -0.497 e. The van der Waals surface area contributed by atoms with E-state index in [2.05, 4.69) is 14.7 Å². The van der Waals surface area contributed by atoms with Crippen LogP contribution in [0.4, 0.5) is 0 Å². The molecular formula is C18H21N3O5S. The van der Waals surface area contributed by atoms with E-state index in [9.17, 15) is 14.4 Å². The molecular weight excluding hydrogens is 370 g/mol. The average Bonchev–Trinajstić information content (AvgIpc) is 2.65. The summed E-state index contributed by atoms with van der Waals surface area (Å²) < 4.78 is 9.75. The first-order valence-electron chi connectivity index (χ1n) is 8.08. The monoisotopic (exact) mass is 391 g/mol. The van der Waals surface area contributed by atoms with E-state index >= 15 is 0 Å². The van der Waals surface area contributed by atoms with Crippen LogP contribution in [-0.4, -0.2) is 53.8 Å². The van der Waals surface area contributed by atoms with Crippen molar-refractivity contribution in [3.05, 3.63) is 51.9 Å². The molecule has 27 heavy (non-hydrogen) atoms. The Balaban J connectivity index is 1.95. The molecule has 1 N–H and O–H groups in total. The predicted octanol–water partition coefficient (Wildman–Crippen LogP) is 1.24. The lowest BCUT2D eigenvalue weighted by Crippen LogP contribution is -2.28. The van der Waals surface area contributed by atoms with Gasteiger partial charge in [0, 0.05) is 19.7 Å². The first kappa shape index (κ1) is 20.5. The molecule has 2 rings (SSSR count). The van der Waals surface area contributed by atoms with Gasteiger partial charge in [-0.3, -0.25) is 14.4 Å². The van der Waals surface area contributed by atoms with E-state index in [0.717, 1.165) is 23.1 Å². The summed E-state index contributed by atoms with van der Waals surface area (Å²) in [7, 11) is 4.56. The number of H-pyrrole nitrogens is 1. The van der Waals surface area contributed by atoms with E-state index in [1.54, 1.807) is 19.1 Å². The van der Waals surface area contributed by atoms with Gasteiger partial charge in [-0.25, -0.2) is 4.98 Å². The number of methoxy groups -OCH3 is 2. The van der Waals surface area contributed by atoms with E-state index in [0.29, 0.717) is 12.2 Å². The van der Waals surface area contributed by atoms with Crippen molar-refractivity contribution in [3.8, 4) is 5.75 Å². The molecule has 0 aliphatic rings. The Morgan fingerprint density at radius 1 is 1.26 bits per heavy atom. The highest BCUT2D eigenvalue weighted by Crippen LogP contribution is 2.16. The molecule has 1 amide bonds. The minimum absolute atomic E-state index is 0.0995. The van der Waals surface area contributed by atoms with Crippen molar-refractivity contribution in [3.63, 3.8) is 0 Å². The zero-order valence-corrected chi connectivity index (χ0v) is 16.2. The van der Waals surface area contributed by atoms with Crippen LogP contribution in [0.5, 0.6) is 5.75 Å². The number of hydrogen-bond donors (Lipinski definition) is 1. The van der Waals surface area contributed by atoms with Gasteiger partial charge in [-0.05, 0) is 17.7 Å². The highest BCUT2D eigenvalue weighted by Gasteiger charge is 2.13. The highest BCUT2D eigenvalue weighted by atomic mass is 32.2. The van der Waals surface area contributed by atoms with Crippen molar-refractivity contribution >= 4 is 23.6 Å². The van der Waals surface area contributed by atoms with Gasteiger partial charge in [-0.2, -0.15) is 0 Å². The largest absolute Gasteiger partial charge is 0.497 e. The standard InChI is InChI=1S/C18H21N3O5S/c1-21(10-12-5-4-6-14(7-12)25-2)16(23)11-27-18-19-13(8-15(22)20-18)9-17(24)26-3/h4-8H,9-11H2,1-3H3,(H,19,20,22). The van der Waals surface area contributed by atoms with E-state index in [1.807, 2.05) is 24.3 Å². The molecule has 0 aliphatic carbocycles. The second kappa shape index (κ2) is 9.77. The summed E-state index contributed by atoms with van der Waals surface area (Å²) in [6.07, 6.45) is -0.0995. The Morgan fingerprint density at radius 2 is 2.04 bits per heavy atom. The van der Waals surface area contributed by atoms with Gasteiger partial charge in [0.2, 0.25) is 5.91 Å². The van der Waals surface area contributed by atoms with Crippen molar-refractivity contribution < 1.29 is 19.1 Å². The molecule has 0 radical (unpaired) electrons. The fourth-order valence-electron chi connectivity index (χ4n) is 2.24. The van der Waals surface area contributed by atoms with Gasteiger partial charge in [0.1, 0.15) is 5.75 Å². The van der Waals surface area contributed by atoms with Crippen LogP contribution in [0.25, 0.3) is 0 Å². The lowest BCUT2D eigenvalue weighted by atomic mass is 10.2. The number of carbonyl (C=O) groups excluding carboxylic acids is 2. The molecule has 0 bridgehead atoms. The number of aromatic nitrogens is 2. The molecule has 0 unspecified atom stereocenters. The predicted molar refractivity (Wildman–Crippen MR) is 101 cm³/mol. The summed E-state index contributed by atoms with van der Waals surface area (Å²) in [4.78, 5) is 43.7. The van der Waals surface area contributed by atoms with Crippen LogP contribution in [0.3, 0.4) is 0 Å². The van der Waals surface area contributed by atoms with Gasteiger partial charge in [0.15, 0.2) is 5.16 Å². The summed E-state index contributed by atoms with van der Waals surface area (Å²) in [5, 5.41) is 0.282. The number of carbonyl (C=O) groups is 2. The second-order valence-corrected chi connectivity index (χ2v) is 6.65. The number of ether oxygens (including phenoxy) is 2. The molecule has 8 nitrogen and oxygen atoms in total. The Labute approximate surface area is 160 Å². The number of nitrogens with one attached hydrogen (secondary N) is 1. The molecule has 0 fully saturated rings. The zero-order chi connectivity index (χ0) is 19.8. The number of amides is 1. The summed E-state index contributed by atoms with van der Waals surface area (Å²) in [5.41, 5.74) is 0.857. The van der Waals surface area contributed by atoms with Crippen molar-refractivity contribution in [2.45, 2.75) is 18.1 Å². The first-order chi connectivity index (χ1) is 12.9. The van der Waals surface area contributed by atoms with Crippen molar-refractivity contribution in [1.29, 1.82) is 0 Å². The first-order valence-corrected chi connectivity index (χ1v) is 9.06. The molecule has 0 saturated heterocycles. The van der Waals surface area contributed by atoms with Crippen molar-refractivity contribution in [2.24, 2.45) is 0 Å². The smallest absolute Gasteiger partial charge is 0.311 e. The molecule has 0 saturated carbocycles.